The molecule has 1 aromatic carbocycles. The van der Waals surface area contributed by atoms with Crippen molar-refractivity contribution < 1.29 is 0 Å². The Bertz CT molecular complexity index is 397. The highest BCUT2D eigenvalue weighted by molar-refractivity contribution is 5.84. The van der Waals surface area contributed by atoms with Gasteiger partial charge in [0.2, 0.25) is 0 Å². The molecule has 0 spiro atoms. The first kappa shape index (κ1) is 12.9. The molecule has 0 saturated carbocycles. The van der Waals surface area contributed by atoms with Gasteiger partial charge in [-0.05, 0) is 18.4 Å². The Hall–Kier alpha value is -1.51. The molecule has 0 aliphatic carbocycles. The number of rotatable bonds is 3. The summed E-state index contributed by atoms with van der Waals surface area (Å²) in [6.07, 6.45) is 2.51. The molecule has 0 radical (unpaired) electrons. The van der Waals surface area contributed by atoms with Gasteiger partial charge in [-0.15, -0.1) is 0 Å². The molecule has 1 aliphatic rings. The summed E-state index contributed by atoms with van der Waals surface area (Å²) in [5.74, 6) is 1.79. The van der Waals surface area contributed by atoms with Gasteiger partial charge in [0.1, 0.15) is 5.84 Å². The van der Waals surface area contributed by atoms with E-state index in [1.807, 2.05) is 19.1 Å². The number of likely N-dealkylation sites (tertiary alicyclic amines) is 1. The molecular weight excluding hydrogens is 222 g/mol. The number of amidine groups is 1. The normalized spacial score (nSPS) is 22.3. The highest BCUT2D eigenvalue weighted by atomic mass is 15.5. The summed E-state index contributed by atoms with van der Waals surface area (Å²) in [6, 6.07) is 10.6. The van der Waals surface area contributed by atoms with E-state index in [0.717, 1.165) is 13.1 Å². The fourth-order valence-corrected chi connectivity index (χ4v) is 2.47. The molecular formula is C15H23N3. The molecule has 0 N–H and O–H groups in total. The molecule has 3 nitrogen and oxygen atoms in total. The first-order chi connectivity index (χ1) is 8.66. The Balaban J connectivity index is 2.14. The maximum atomic E-state index is 4.67. The van der Waals surface area contributed by atoms with Crippen LogP contribution in [0.5, 0.6) is 0 Å². The minimum Gasteiger partial charge on any atom is -0.354 e. The van der Waals surface area contributed by atoms with Crippen LogP contribution >= 0.6 is 0 Å². The molecule has 98 valence electrons. The average Bonchev–Trinajstić information content (AvgIpc) is 2.34. The van der Waals surface area contributed by atoms with Crippen LogP contribution in [0.2, 0.25) is 0 Å². The number of hydrazone groups is 1. The zero-order valence-electron chi connectivity index (χ0n) is 11.6. The van der Waals surface area contributed by atoms with Crippen molar-refractivity contribution in [2.45, 2.75) is 26.3 Å². The lowest BCUT2D eigenvalue weighted by atomic mass is 9.98. The van der Waals surface area contributed by atoms with Crippen LogP contribution in [-0.4, -0.2) is 36.4 Å². The minimum atomic E-state index is 0.560. The lowest BCUT2D eigenvalue weighted by Crippen LogP contribution is -2.40. The van der Waals surface area contributed by atoms with Crippen molar-refractivity contribution in [3.05, 3.63) is 35.9 Å². The number of piperidine rings is 1. The summed E-state index contributed by atoms with van der Waals surface area (Å²) < 4.78 is 0. The molecule has 3 heteroatoms. The molecule has 18 heavy (non-hydrogen) atoms. The summed E-state index contributed by atoms with van der Waals surface area (Å²) in [6.45, 7) is 4.36. The highest BCUT2D eigenvalue weighted by Gasteiger charge is 2.23. The molecule has 1 atom stereocenters. The molecule has 0 bridgehead atoms. The molecule has 1 unspecified atom stereocenters. The molecule has 1 aromatic rings. The van der Waals surface area contributed by atoms with Gasteiger partial charge in [0, 0.05) is 33.1 Å². The summed E-state index contributed by atoms with van der Waals surface area (Å²) in [5, 5.41) is 6.58. The molecule has 0 aromatic heterocycles. The Labute approximate surface area is 110 Å². The maximum Gasteiger partial charge on any atom is 0.128 e. The topological polar surface area (TPSA) is 18.8 Å². The summed E-state index contributed by atoms with van der Waals surface area (Å²) in [5.41, 5.74) is 1.36. The largest absolute Gasteiger partial charge is 0.354 e. The van der Waals surface area contributed by atoms with Gasteiger partial charge in [0.25, 0.3) is 0 Å². The number of nitrogens with zero attached hydrogens (tertiary/aromatic N) is 3. The van der Waals surface area contributed by atoms with E-state index in [1.54, 1.807) is 0 Å². The second-order valence-corrected chi connectivity index (χ2v) is 5.26. The fraction of sp³-hybridized carbons (Fsp3) is 0.533. The van der Waals surface area contributed by atoms with Crippen molar-refractivity contribution >= 4 is 5.84 Å². The van der Waals surface area contributed by atoms with E-state index in [-0.39, 0.29) is 0 Å². The minimum absolute atomic E-state index is 0.560. The Kier molecular flexibility index (Phi) is 4.24. The van der Waals surface area contributed by atoms with Crippen molar-refractivity contribution in [1.29, 1.82) is 0 Å². The van der Waals surface area contributed by atoms with Gasteiger partial charge < -0.3 is 9.91 Å². The van der Waals surface area contributed by atoms with E-state index < -0.39 is 0 Å². The van der Waals surface area contributed by atoms with E-state index >= 15 is 0 Å². The van der Waals surface area contributed by atoms with Gasteiger partial charge in [0.05, 0.1) is 0 Å². The summed E-state index contributed by atoms with van der Waals surface area (Å²) in [4.78, 5) is 2.42. The second kappa shape index (κ2) is 5.89. The van der Waals surface area contributed by atoms with Crippen LogP contribution in [0.3, 0.4) is 0 Å². The predicted molar refractivity (Wildman–Crippen MR) is 76.4 cm³/mol. The Morgan fingerprint density at radius 3 is 2.67 bits per heavy atom. The standard InChI is InChI=1S/C15H23N3/c1-13-8-7-11-18(15(13)16-17(2)3)12-14-9-5-4-6-10-14/h4-6,9-10,13H,7-8,11-12H2,1-3H3. The second-order valence-electron chi connectivity index (χ2n) is 5.26. The van der Waals surface area contributed by atoms with Crippen LogP contribution < -0.4 is 0 Å². The van der Waals surface area contributed by atoms with Crippen LogP contribution in [0.4, 0.5) is 0 Å². The van der Waals surface area contributed by atoms with Gasteiger partial charge in [-0.1, -0.05) is 37.3 Å². The van der Waals surface area contributed by atoms with E-state index in [2.05, 4.69) is 47.3 Å². The summed E-state index contributed by atoms with van der Waals surface area (Å²) in [7, 11) is 3.99. The summed E-state index contributed by atoms with van der Waals surface area (Å²) >= 11 is 0. The SMILES string of the molecule is CC1CCCN(Cc2ccccc2)C1=NN(C)C. The van der Waals surface area contributed by atoms with Crippen molar-refractivity contribution in [1.82, 2.24) is 9.91 Å². The Morgan fingerprint density at radius 1 is 1.28 bits per heavy atom. The average molecular weight is 245 g/mol. The molecule has 1 heterocycles. The fourth-order valence-electron chi connectivity index (χ4n) is 2.47. The van der Waals surface area contributed by atoms with Crippen LogP contribution in [0, 0.1) is 5.92 Å². The van der Waals surface area contributed by atoms with Crippen LogP contribution in [0.15, 0.2) is 35.4 Å². The van der Waals surface area contributed by atoms with Gasteiger partial charge in [-0.2, -0.15) is 5.10 Å². The maximum absolute atomic E-state index is 4.67. The highest BCUT2D eigenvalue weighted by Crippen LogP contribution is 2.21. The number of benzene rings is 1. The lowest BCUT2D eigenvalue weighted by molar-refractivity contribution is 0.311. The first-order valence-electron chi connectivity index (χ1n) is 6.71. The van der Waals surface area contributed by atoms with Crippen LogP contribution in [-0.2, 0) is 6.54 Å². The van der Waals surface area contributed by atoms with Crippen molar-refractivity contribution in [3.8, 4) is 0 Å². The number of hydrogen-bond donors (Lipinski definition) is 0. The van der Waals surface area contributed by atoms with E-state index in [1.165, 1.54) is 24.2 Å². The van der Waals surface area contributed by atoms with Gasteiger partial charge in [0.15, 0.2) is 0 Å². The third-order valence-corrected chi connectivity index (χ3v) is 3.35. The zero-order valence-corrected chi connectivity index (χ0v) is 11.6. The number of hydrogen-bond acceptors (Lipinski definition) is 2. The molecule has 0 amide bonds. The van der Waals surface area contributed by atoms with Gasteiger partial charge in [-0.25, -0.2) is 0 Å². The van der Waals surface area contributed by atoms with E-state index in [4.69, 9.17) is 0 Å². The third-order valence-electron chi connectivity index (χ3n) is 3.35. The van der Waals surface area contributed by atoms with E-state index in [0.29, 0.717) is 5.92 Å². The lowest BCUT2D eigenvalue weighted by Gasteiger charge is -2.35. The van der Waals surface area contributed by atoms with Crippen LogP contribution in [0.25, 0.3) is 0 Å². The van der Waals surface area contributed by atoms with Crippen molar-refractivity contribution in [2.24, 2.45) is 11.0 Å². The monoisotopic (exact) mass is 245 g/mol. The first-order valence-corrected chi connectivity index (χ1v) is 6.71. The van der Waals surface area contributed by atoms with Crippen molar-refractivity contribution in [3.63, 3.8) is 0 Å². The predicted octanol–water partition coefficient (Wildman–Crippen LogP) is 2.79. The molecule has 2 rings (SSSR count). The van der Waals surface area contributed by atoms with Crippen molar-refractivity contribution in [2.75, 3.05) is 20.6 Å². The zero-order chi connectivity index (χ0) is 13.0. The molecule has 1 fully saturated rings. The molecule has 1 aliphatic heterocycles. The van der Waals surface area contributed by atoms with Crippen LogP contribution in [0.1, 0.15) is 25.3 Å². The Morgan fingerprint density at radius 2 is 2.00 bits per heavy atom. The third kappa shape index (κ3) is 3.25. The van der Waals surface area contributed by atoms with Gasteiger partial charge >= 0.3 is 0 Å². The smallest absolute Gasteiger partial charge is 0.128 e. The molecule has 1 saturated heterocycles. The van der Waals surface area contributed by atoms with E-state index in [9.17, 15) is 0 Å². The quantitative estimate of drug-likeness (QED) is 0.763. The van der Waals surface area contributed by atoms with Gasteiger partial charge in [-0.3, -0.25) is 0 Å².